The molecule has 0 aliphatic rings. The molecule has 0 aliphatic heterocycles. The molecule has 0 aliphatic carbocycles. The molecule has 0 radical (unpaired) electrons. The number of hydrogen-bond donors (Lipinski definition) is 0. The summed E-state index contributed by atoms with van der Waals surface area (Å²) in [4.78, 5) is 0. The highest BCUT2D eigenvalue weighted by Gasteiger charge is 2.16. The standard InChI is InChI=1S/C9H8F2N2/c1-13-8(9(10)11)6-4-2-3-5-7(6)12-13/h2-5,9H,1H3. The van der Waals surface area contributed by atoms with Crippen LogP contribution in [0.3, 0.4) is 0 Å². The molecular weight excluding hydrogens is 174 g/mol. The van der Waals surface area contributed by atoms with E-state index in [2.05, 4.69) is 5.10 Å². The van der Waals surface area contributed by atoms with Crippen molar-refractivity contribution in [3.05, 3.63) is 30.0 Å². The van der Waals surface area contributed by atoms with Gasteiger partial charge in [0.2, 0.25) is 0 Å². The van der Waals surface area contributed by atoms with Gasteiger partial charge in [0.1, 0.15) is 5.69 Å². The first-order valence-electron chi connectivity index (χ1n) is 3.90. The van der Waals surface area contributed by atoms with E-state index in [0.717, 1.165) is 0 Å². The summed E-state index contributed by atoms with van der Waals surface area (Å²) in [5, 5.41) is 4.50. The lowest BCUT2D eigenvalue weighted by Gasteiger charge is -1.98. The predicted molar refractivity (Wildman–Crippen MR) is 45.7 cm³/mol. The Morgan fingerprint density at radius 1 is 1.31 bits per heavy atom. The van der Waals surface area contributed by atoms with Gasteiger partial charge in [0, 0.05) is 12.4 Å². The molecule has 0 spiro atoms. The van der Waals surface area contributed by atoms with Crippen LogP contribution in [0.4, 0.5) is 8.78 Å². The number of aryl methyl sites for hydroxylation is 1. The number of aromatic nitrogens is 2. The average molecular weight is 182 g/mol. The lowest BCUT2D eigenvalue weighted by Crippen LogP contribution is -1.97. The second kappa shape index (κ2) is 2.80. The summed E-state index contributed by atoms with van der Waals surface area (Å²) < 4.78 is 26.3. The first-order chi connectivity index (χ1) is 6.20. The second-order valence-electron chi connectivity index (χ2n) is 2.83. The lowest BCUT2D eigenvalue weighted by molar-refractivity contribution is 0.142. The Morgan fingerprint density at radius 3 is 2.69 bits per heavy atom. The van der Waals surface area contributed by atoms with Gasteiger partial charge in [0.15, 0.2) is 0 Å². The van der Waals surface area contributed by atoms with Gasteiger partial charge in [0.05, 0.1) is 5.52 Å². The third-order valence-corrected chi connectivity index (χ3v) is 1.99. The van der Waals surface area contributed by atoms with E-state index in [9.17, 15) is 8.78 Å². The van der Waals surface area contributed by atoms with Crippen LogP contribution in [0.1, 0.15) is 12.1 Å². The number of alkyl halides is 2. The number of benzene rings is 1. The van der Waals surface area contributed by atoms with E-state index in [-0.39, 0.29) is 5.69 Å². The van der Waals surface area contributed by atoms with Crippen LogP contribution >= 0.6 is 0 Å². The van der Waals surface area contributed by atoms with Crippen LogP contribution in [0, 0.1) is 0 Å². The monoisotopic (exact) mass is 182 g/mol. The van der Waals surface area contributed by atoms with Crippen LogP contribution in [0.2, 0.25) is 0 Å². The van der Waals surface area contributed by atoms with Gasteiger partial charge < -0.3 is 0 Å². The molecule has 4 heteroatoms. The van der Waals surface area contributed by atoms with Crippen molar-refractivity contribution in [3.8, 4) is 0 Å². The number of rotatable bonds is 1. The van der Waals surface area contributed by atoms with Crippen LogP contribution in [0.25, 0.3) is 10.9 Å². The Morgan fingerprint density at radius 2 is 2.00 bits per heavy atom. The summed E-state index contributed by atoms with van der Waals surface area (Å²) in [6.07, 6.45) is -2.47. The van der Waals surface area contributed by atoms with Crippen LogP contribution in [0.15, 0.2) is 24.3 Å². The summed E-state index contributed by atoms with van der Waals surface area (Å²) >= 11 is 0. The van der Waals surface area contributed by atoms with Gasteiger partial charge in [-0.15, -0.1) is 0 Å². The zero-order valence-corrected chi connectivity index (χ0v) is 7.04. The van der Waals surface area contributed by atoms with Crippen molar-refractivity contribution in [1.82, 2.24) is 9.78 Å². The molecule has 2 nitrogen and oxygen atoms in total. The molecule has 1 aromatic carbocycles. The number of hydrogen-bond acceptors (Lipinski definition) is 1. The third kappa shape index (κ3) is 1.18. The van der Waals surface area contributed by atoms with Crippen molar-refractivity contribution in [1.29, 1.82) is 0 Å². The van der Waals surface area contributed by atoms with E-state index in [1.165, 1.54) is 11.7 Å². The minimum atomic E-state index is -2.47. The predicted octanol–water partition coefficient (Wildman–Crippen LogP) is 2.51. The lowest BCUT2D eigenvalue weighted by atomic mass is 10.2. The van der Waals surface area contributed by atoms with E-state index in [0.29, 0.717) is 10.9 Å². The molecule has 1 aromatic heterocycles. The Balaban J connectivity index is 2.78. The topological polar surface area (TPSA) is 17.8 Å². The summed E-state index contributed by atoms with van der Waals surface area (Å²) in [5.41, 5.74) is 0.593. The molecule has 13 heavy (non-hydrogen) atoms. The van der Waals surface area contributed by atoms with E-state index in [1.54, 1.807) is 24.3 Å². The van der Waals surface area contributed by atoms with Crippen molar-refractivity contribution >= 4 is 10.9 Å². The smallest absolute Gasteiger partial charge is 0.266 e. The molecule has 1 heterocycles. The summed E-state index contributed by atoms with van der Waals surface area (Å²) in [6.45, 7) is 0. The molecule has 0 bridgehead atoms. The van der Waals surface area contributed by atoms with E-state index in [4.69, 9.17) is 0 Å². The summed E-state index contributed by atoms with van der Waals surface area (Å²) in [5.74, 6) is 0. The third-order valence-electron chi connectivity index (χ3n) is 1.99. The van der Waals surface area contributed by atoms with Gasteiger partial charge in [0.25, 0.3) is 6.43 Å². The number of fused-ring (bicyclic) bond motifs is 1. The fraction of sp³-hybridized carbons (Fsp3) is 0.222. The van der Waals surface area contributed by atoms with Crippen molar-refractivity contribution < 1.29 is 8.78 Å². The van der Waals surface area contributed by atoms with E-state index < -0.39 is 6.43 Å². The first-order valence-corrected chi connectivity index (χ1v) is 3.90. The van der Waals surface area contributed by atoms with Crippen LogP contribution in [-0.4, -0.2) is 9.78 Å². The molecule has 0 unspecified atom stereocenters. The highest BCUT2D eigenvalue weighted by molar-refractivity contribution is 5.81. The Hall–Kier alpha value is -1.45. The average Bonchev–Trinajstić information content (AvgIpc) is 2.39. The Bertz CT molecular complexity index is 434. The molecule has 0 N–H and O–H groups in total. The molecule has 68 valence electrons. The largest absolute Gasteiger partial charge is 0.280 e. The number of nitrogens with zero attached hydrogens (tertiary/aromatic N) is 2. The zero-order chi connectivity index (χ0) is 9.42. The Kier molecular flexibility index (Phi) is 1.76. The molecule has 2 rings (SSSR count). The minimum absolute atomic E-state index is 0.0180. The van der Waals surface area contributed by atoms with Gasteiger partial charge in [-0.2, -0.15) is 5.10 Å². The minimum Gasteiger partial charge on any atom is -0.266 e. The van der Waals surface area contributed by atoms with Crippen LogP contribution in [0.5, 0.6) is 0 Å². The van der Waals surface area contributed by atoms with E-state index in [1.807, 2.05) is 0 Å². The fourth-order valence-corrected chi connectivity index (χ4v) is 1.43. The van der Waals surface area contributed by atoms with E-state index >= 15 is 0 Å². The fourth-order valence-electron chi connectivity index (χ4n) is 1.43. The zero-order valence-electron chi connectivity index (χ0n) is 7.04. The maximum absolute atomic E-state index is 12.5. The maximum atomic E-state index is 12.5. The first kappa shape index (κ1) is 8.16. The molecule has 0 atom stereocenters. The van der Waals surface area contributed by atoms with Crippen molar-refractivity contribution in [2.75, 3.05) is 0 Å². The molecule has 0 saturated carbocycles. The van der Waals surface area contributed by atoms with Crippen molar-refractivity contribution in [2.45, 2.75) is 6.43 Å². The Labute approximate surface area is 73.8 Å². The SMILES string of the molecule is Cn1nc2ccccc2c1C(F)F. The molecular formula is C9H8F2N2. The molecule has 2 aromatic rings. The van der Waals surface area contributed by atoms with Gasteiger partial charge in [-0.05, 0) is 6.07 Å². The summed E-state index contributed by atoms with van der Waals surface area (Å²) in [7, 11) is 1.53. The molecule has 0 saturated heterocycles. The van der Waals surface area contributed by atoms with Gasteiger partial charge in [-0.25, -0.2) is 8.78 Å². The van der Waals surface area contributed by atoms with Crippen molar-refractivity contribution in [3.63, 3.8) is 0 Å². The highest BCUT2D eigenvalue weighted by atomic mass is 19.3. The van der Waals surface area contributed by atoms with Crippen molar-refractivity contribution in [2.24, 2.45) is 7.05 Å². The maximum Gasteiger partial charge on any atom is 0.280 e. The molecule has 0 fully saturated rings. The number of halogens is 2. The van der Waals surface area contributed by atoms with Gasteiger partial charge >= 0.3 is 0 Å². The second-order valence-corrected chi connectivity index (χ2v) is 2.83. The highest BCUT2D eigenvalue weighted by Crippen LogP contribution is 2.26. The quantitative estimate of drug-likeness (QED) is 0.662. The van der Waals surface area contributed by atoms with Gasteiger partial charge in [-0.3, -0.25) is 4.68 Å². The summed E-state index contributed by atoms with van der Waals surface area (Å²) in [6, 6.07) is 6.89. The van der Waals surface area contributed by atoms with Crippen LogP contribution in [-0.2, 0) is 7.05 Å². The molecule has 0 amide bonds. The normalized spacial score (nSPS) is 11.4. The van der Waals surface area contributed by atoms with Gasteiger partial charge in [-0.1, -0.05) is 18.2 Å². The van der Waals surface area contributed by atoms with Crippen LogP contribution < -0.4 is 0 Å².